The maximum Gasteiger partial charge on any atom is 0.289 e. The van der Waals surface area contributed by atoms with Crippen LogP contribution in [0.25, 0.3) is 11.0 Å². The van der Waals surface area contributed by atoms with E-state index in [2.05, 4.69) is 5.32 Å². The molecule has 4 nitrogen and oxygen atoms in total. The standard InChI is InChI=1S/C15H18N2O2.ClH/c1-10-3-4-13-11(7-10)8-14(19-13)15(18)17-6-5-12(9-17)16-2;/h3-4,7-8,12,16H,5-6,9H2,1-2H3;1H. The average Bonchev–Trinajstić information content (AvgIpc) is 3.03. The Hall–Kier alpha value is -1.52. The molecular formula is C15H19ClN2O2. The van der Waals surface area contributed by atoms with E-state index in [1.165, 1.54) is 5.56 Å². The first-order chi connectivity index (χ1) is 9.17. The molecule has 3 rings (SSSR count). The Morgan fingerprint density at radius 3 is 2.90 bits per heavy atom. The Kier molecular flexibility index (Phi) is 4.35. The molecule has 1 atom stereocenters. The number of aryl methyl sites for hydroxylation is 1. The van der Waals surface area contributed by atoms with Crippen molar-refractivity contribution in [2.45, 2.75) is 19.4 Å². The normalized spacial score (nSPS) is 18.3. The SMILES string of the molecule is CNC1CCN(C(=O)c2cc3cc(C)ccc3o2)C1.Cl. The Morgan fingerprint density at radius 2 is 2.20 bits per heavy atom. The Labute approximate surface area is 124 Å². The minimum atomic E-state index is -0.00777. The summed E-state index contributed by atoms with van der Waals surface area (Å²) >= 11 is 0. The number of amides is 1. The number of furan rings is 1. The number of nitrogens with one attached hydrogen (secondary N) is 1. The third-order valence-corrected chi connectivity index (χ3v) is 3.77. The third-order valence-electron chi connectivity index (χ3n) is 3.77. The van der Waals surface area contributed by atoms with Crippen LogP contribution in [0.4, 0.5) is 0 Å². The second-order valence-electron chi connectivity index (χ2n) is 5.18. The molecule has 1 unspecified atom stereocenters. The maximum atomic E-state index is 12.4. The monoisotopic (exact) mass is 294 g/mol. The van der Waals surface area contributed by atoms with Crippen molar-refractivity contribution < 1.29 is 9.21 Å². The molecule has 1 aliphatic heterocycles. The summed E-state index contributed by atoms with van der Waals surface area (Å²) in [5.41, 5.74) is 1.95. The zero-order chi connectivity index (χ0) is 13.4. The van der Waals surface area contributed by atoms with E-state index in [4.69, 9.17) is 4.42 Å². The summed E-state index contributed by atoms with van der Waals surface area (Å²) in [5.74, 6) is 0.434. The van der Waals surface area contributed by atoms with Gasteiger partial charge in [-0.1, -0.05) is 11.6 Å². The molecule has 0 bridgehead atoms. The molecular weight excluding hydrogens is 276 g/mol. The highest BCUT2D eigenvalue weighted by atomic mass is 35.5. The summed E-state index contributed by atoms with van der Waals surface area (Å²) in [7, 11) is 1.93. The van der Waals surface area contributed by atoms with Crippen LogP contribution in [0.2, 0.25) is 0 Å². The molecule has 2 aromatic rings. The van der Waals surface area contributed by atoms with Gasteiger partial charge in [0.15, 0.2) is 5.76 Å². The summed E-state index contributed by atoms with van der Waals surface area (Å²) in [5, 5.41) is 4.20. The Morgan fingerprint density at radius 1 is 1.40 bits per heavy atom. The van der Waals surface area contributed by atoms with Gasteiger partial charge in [-0.15, -0.1) is 12.4 Å². The smallest absolute Gasteiger partial charge is 0.289 e. The average molecular weight is 295 g/mol. The predicted molar refractivity (Wildman–Crippen MR) is 81.6 cm³/mol. The first-order valence-corrected chi connectivity index (χ1v) is 6.64. The number of benzene rings is 1. The van der Waals surface area contributed by atoms with Crippen LogP contribution in [-0.2, 0) is 0 Å². The van der Waals surface area contributed by atoms with Gasteiger partial charge >= 0.3 is 0 Å². The van der Waals surface area contributed by atoms with Crippen molar-refractivity contribution in [2.24, 2.45) is 0 Å². The highest BCUT2D eigenvalue weighted by molar-refractivity contribution is 5.96. The number of likely N-dealkylation sites (N-methyl/N-ethyl adjacent to an activating group) is 1. The van der Waals surface area contributed by atoms with Gasteiger partial charge in [0.25, 0.3) is 5.91 Å². The van der Waals surface area contributed by atoms with Crippen molar-refractivity contribution in [3.8, 4) is 0 Å². The van der Waals surface area contributed by atoms with E-state index in [-0.39, 0.29) is 18.3 Å². The van der Waals surface area contributed by atoms with Crippen LogP contribution in [0.1, 0.15) is 22.5 Å². The van der Waals surface area contributed by atoms with E-state index in [1.54, 1.807) is 0 Å². The van der Waals surface area contributed by atoms with Gasteiger partial charge in [0, 0.05) is 24.5 Å². The number of hydrogen-bond acceptors (Lipinski definition) is 3. The largest absolute Gasteiger partial charge is 0.451 e. The molecule has 1 aliphatic rings. The molecule has 0 aliphatic carbocycles. The second kappa shape index (κ2) is 5.85. The van der Waals surface area contributed by atoms with Crippen LogP contribution in [0.5, 0.6) is 0 Å². The Bertz CT molecular complexity index is 623. The van der Waals surface area contributed by atoms with Gasteiger partial charge < -0.3 is 14.6 Å². The minimum absolute atomic E-state index is 0. The van der Waals surface area contributed by atoms with Crippen LogP contribution in [0, 0.1) is 6.92 Å². The Balaban J connectivity index is 0.00000147. The lowest BCUT2D eigenvalue weighted by Gasteiger charge is -2.14. The zero-order valence-corrected chi connectivity index (χ0v) is 12.5. The molecule has 1 fully saturated rings. The van der Waals surface area contributed by atoms with Gasteiger partial charge in [-0.25, -0.2) is 0 Å². The fourth-order valence-electron chi connectivity index (χ4n) is 2.60. The van der Waals surface area contributed by atoms with Gasteiger partial charge in [-0.05, 0) is 38.6 Å². The number of fused-ring (bicyclic) bond motifs is 1. The van der Waals surface area contributed by atoms with Crippen molar-refractivity contribution in [2.75, 3.05) is 20.1 Å². The van der Waals surface area contributed by atoms with Crippen LogP contribution in [0.15, 0.2) is 28.7 Å². The number of halogens is 1. The molecule has 2 heterocycles. The van der Waals surface area contributed by atoms with E-state index in [0.29, 0.717) is 11.8 Å². The first kappa shape index (κ1) is 14.9. The van der Waals surface area contributed by atoms with Crippen molar-refractivity contribution in [1.29, 1.82) is 0 Å². The van der Waals surface area contributed by atoms with Gasteiger partial charge in [0.1, 0.15) is 5.58 Å². The lowest BCUT2D eigenvalue weighted by atomic mass is 10.2. The van der Waals surface area contributed by atoms with E-state index in [9.17, 15) is 4.79 Å². The number of likely N-dealkylation sites (tertiary alicyclic amines) is 1. The van der Waals surface area contributed by atoms with E-state index < -0.39 is 0 Å². The predicted octanol–water partition coefficient (Wildman–Crippen LogP) is 2.60. The fraction of sp³-hybridized carbons (Fsp3) is 0.400. The second-order valence-corrected chi connectivity index (χ2v) is 5.18. The van der Waals surface area contributed by atoms with Crippen LogP contribution in [-0.4, -0.2) is 37.0 Å². The summed E-state index contributed by atoms with van der Waals surface area (Å²) < 4.78 is 5.65. The zero-order valence-electron chi connectivity index (χ0n) is 11.7. The maximum absolute atomic E-state index is 12.4. The van der Waals surface area contributed by atoms with Crippen molar-refractivity contribution in [1.82, 2.24) is 10.2 Å². The van der Waals surface area contributed by atoms with Gasteiger partial charge in [-0.3, -0.25) is 4.79 Å². The van der Waals surface area contributed by atoms with E-state index in [0.717, 1.165) is 30.5 Å². The van der Waals surface area contributed by atoms with Crippen LogP contribution >= 0.6 is 12.4 Å². The number of nitrogens with zero attached hydrogens (tertiary/aromatic N) is 1. The summed E-state index contributed by atoms with van der Waals surface area (Å²) in [6, 6.07) is 8.19. The highest BCUT2D eigenvalue weighted by Crippen LogP contribution is 2.23. The van der Waals surface area contributed by atoms with E-state index >= 15 is 0 Å². The number of rotatable bonds is 2. The molecule has 1 aromatic heterocycles. The molecule has 108 valence electrons. The molecule has 1 amide bonds. The summed E-state index contributed by atoms with van der Waals surface area (Å²) in [6.07, 6.45) is 1.00. The van der Waals surface area contributed by atoms with Gasteiger partial charge in [0.2, 0.25) is 0 Å². The van der Waals surface area contributed by atoms with Crippen molar-refractivity contribution >= 4 is 29.3 Å². The molecule has 1 aromatic carbocycles. The van der Waals surface area contributed by atoms with Crippen LogP contribution in [0.3, 0.4) is 0 Å². The van der Waals surface area contributed by atoms with Crippen LogP contribution < -0.4 is 5.32 Å². The summed E-state index contributed by atoms with van der Waals surface area (Å²) in [4.78, 5) is 14.2. The number of hydrogen-bond donors (Lipinski definition) is 1. The lowest BCUT2D eigenvalue weighted by molar-refractivity contribution is 0.0760. The number of carbonyl (C=O) groups excluding carboxylic acids is 1. The fourth-order valence-corrected chi connectivity index (χ4v) is 2.60. The highest BCUT2D eigenvalue weighted by Gasteiger charge is 2.27. The molecule has 0 spiro atoms. The molecule has 20 heavy (non-hydrogen) atoms. The van der Waals surface area contributed by atoms with Crippen molar-refractivity contribution in [3.63, 3.8) is 0 Å². The molecule has 1 N–H and O–H groups in total. The third kappa shape index (κ3) is 2.67. The van der Waals surface area contributed by atoms with Gasteiger partial charge in [-0.2, -0.15) is 0 Å². The molecule has 1 saturated heterocycles. The lowest BCUT2D eigenvalue weighted by Crippen LogP contribution is -2.33. The molecule has 0 radical (unpaired) electrons. The summed E-state index contributed by atoms with van der Waals surface area (Å²) in [6.45, 7) is 3.58. The molecule has 5 heteroatoms. The first-order valence-electron chi connectivity index (χ1n) is 6.64. The van der Waals surface area contributed by atoms with Gasteiger partial charge in [0.05, 0.1) is 0 Å². The van der Waals surface area contributed by atoms with Crippen molar-refractivity contribution in [3.05, 3.63) is 35.6 Å². The molecule has 0 saturated carbocycles. The van der Waals surface area contributed by atoms with E-state index in [1.807, 2.05) is 43.1 Å². The topological polar surface area (TPSA) is 45.5 Å². The quantitative estimate of drug-likeness (QED) is 0.926. The minimum Gasteiger partial charge on any atom is -0.451 e. The number of carbonyl (C=O) groups is 1.